The summed E-state index contributed by atoms with van der Waals surface area (Å²) in [5.41, 5.74) is 1.01. The molecule has 2 aliphatic rings. The summed E-state index contributed by atoms with van der Waals surface area (Å²) < 4.78 is 16.5. The van der Waals surface area contributed by atoms with E-state index in [1.807, 2.05) is 16.7 Å². The van der Waals surface area contributed by atoms with E-state index >= 15 is 0 Å². The Kier molecular flexibility index (Phi) is 6.67. The predicted octanol–water partition coefficient (Wildman–Crippen LogP) is 3.65. The number of oxazole rings is 1. The highest BCUT2D eigenvalue weighted by Gasteiger charge is 2.30. The zero-order chi connectivity index (χ0) is 22.7. The lowest BCUT2D eigenvalue weighted by atomic mass is 9.96. The average Bonchev–Trinajstić information content (AvgIpc) is 3.24. The van der Waals surface area contributed by atoms with Crippen molar-refractivity contribution >= 4 is 11.8 Å². The number of carbonyl (C=O) groups excluding carboxylic acids is 2. The Morgan fingerprint density at radius 1 is 0.938 bits per heavy atom. The van der Waals surface area contributed by atoms with Gasteiger partial charge in [-0.25, -0.2) is 4.98 Å². The van der Waals surface area contributed by atoms with Gasteiger partial charge in [-0.05, 0) is 57.2 Å². The zero-order valence-corrected chi connectivity index (χ0v) is 19.1. The Hall–Kier alpha value is -3.03. The number of aromatic nitrogens is 1. The third-order valence-corrected chi connectivity index (χ3v) is 6.42. The van der Waals surface area contributed by atoms with Gasteiger partial charge in [0, 0.05) is 37.7 Å². The quantitative estimate of drug-likeness (QED) is 0.704. The summed E-state index contributed by atoms with van der Waals surface area (Å²) in [6.45, 7) is 4.60. The molecule has 0 atom stereocenters. The van der Waals surface area contributed by atoms with E-state index in [2.05, 4.69) is 4.98 Å². The molecule has 0 N–H and O–H groups in total. The molecule has 172 valence electrons. The van der Waals surface area contributed by atoms with Crippen LogP contribution in [-0.2, 0) is 0 Å². The number of likely N-dealkylation sites (tertiary alicyclic amines) is 2. The summed E-state index contributed by atoms with van der Waals surface area (Å²) in [4.78, 5) is 34.1. The summed E-state index contributed by atoms with van der Waals surface area (Å²) in [5, 5.41) is 0. The van der Waals surface area contributed by atoms with Crippen LogP contribution in [-0.4, -0.2) is 67.0 Å². The van der Waals surface area contributed by atoms with Gasteiger partial charge in [0.05, 0.1) is 14.2 Å². The molecule has 0 saturated carbocycles. The first-order valence-corrected chi connectivity index (χ1v) is 11.3. The van der Waals surface area contributed by atoms with Crippen LogP contribution in [0.2, 0.25) is 0 Å². The Bertz CT molecular complexity index is 972. The Morgan fingerprint density at radius 2 is 1.59 bits per heavy atom. The summed E-state index contributed by atoms with van der Waals surface area (Å²) in [6.07, 6.45) is 4.75. The Balaban J connectivity index is 1.39. The van der Waals surface area contributed by atoms with Crippen molar-refractivity contribution in [2.45, 2.75) is 44.9 Å². The van der Waals surface area contributed by atoms with Crippen molar-refractivity contribution in [2.75, 3.05) is 40.4 Å². The van der Waals surface area contributed by atoms with E-state index in [0.29, 0.717) is 47.5 Å². The van der Waals surface area contributed by atoms with Crippen LogP contribution < -0.4 is 9.47 Å². The van der Waals surface area contributed by atoms with Gasteiger partial charge in [0.15, 0.2) is 23.1 Å². The number of nitrogens with zero attached hydrogens (tertiary/aromatic N) is 3. The predicted molar refractivity (Wildman–Crippen MR) is 118 cm³/mol. The topological polar surface area (TPSA) is 85.1 Å². The van der Waals surface area contributed by atoms with Crippen molar-refractivity contribution in [1.82, 2.24) is 14.8 Å². The second-order valence-electron chi connectivity index (χ2n) is 8.45. The molecule has 1 aromatic heterocycles. The van der Waals surface area contributed by atoms with Gasteiger partial charge in [-0.1, -0.05) is 0 Å². The fourth-order valence-corrected chi connectivity index (χ4v) is 4.52. The van der Waals surface area contributed by atoms with Gasteiger partial charge in [-0.2, -0.15) is 0 Å². The van der Waals surface area contributed by atoms with Crippen LogP contribution in [0.25, 0.3) is 0 Å². The SMILES string of the molecule is COc1ccc(C(=O)N2CCC(c3nc(C(=O)N4CCCCC4)c(C)o3)CC2)cc1OC. The van der Waals surface area contributed by atoms with Crippen LogP contribution in [0.3, 0.4) is 0 Å². The van der Waals surface area contributed by atoms with Crippen LogP contribution in [0.1, 0.15) is 70.5 Å². The molecule has 2 amide bonds. The lowest BCUT2D eigenvalue weighted by Crippen LogP contribution is -2.38. The molecule has 0 bridgehead atoms. The molecule has 0 aliphatic carbocycles. The van der Waals surface area contributed by atoms with E-state index in [1.165, 1.54) is 6.42 Å². The molecule has 1 aromatic carbocycles. The number of hydrogen-bond donors (Lipinski definition) is 0. The molecule has 2 aromatic rings. The van der Waals surface area contributed by atoms with Crippen LogP contribution >= 0.6 is 0 Å². The highest BCUT2D eigenvalue weighted by Crippen LogP contribution is 2.32. The molecule has 0 unspecified atom stereocenters. The van der Waals surface area contributed by atoms with Gasteiger partial charge in [0.2, 0.25) is 0 Å². The first kappa shape index (κ1) is 22.2. The summed E-state index contributed by atoms with van der Waals surface area (Å²) in [7, 11) is 3.13. The largest absolute Gasteiger partial charge is 0.493 e. The Labute approximate surface area is 188 Å². The van der Waals surface area contributed by atoms with Crippen LogP contribution in [0.5, 0.6) is 11.5 Å². The monoisotopic (exact) mass is 441 g/mol. The third-order valence-electron chi connectivity index (χ3n) is 6.42. The first-order chi connectivity index (χ1) is 15.5. The standard InChI is InChI=1S/C24H31N3O5/c1-16-21(24(29)26-11-5-4-6-12-26)25-22(32-16)17-9-13-27(14-10-17)23(28)18-7-8-19(30-2)20(15-18)31-3/h7-8,15,17H,4-6,9-14H2,1-3H3. The smallest absolute Gasteiger partial charge is 0.276 e. The molecular formula is C24H31N3O5. The van der Waals surface area contributed by atoms with Crippen molar-refractivity contribution in [3.05, 3.63) is 41.1 Å². The maximum atomic E-state index is 13.0. The molecule has 8 heteroatoms. The minimum atomic E-state index is -0.0334. The maximum absolute atomic E-state index is 13.0. The van der Waals surface area contributed by atoms with Crippen molar-refractivity contribution in [3.8, 4) is 11.5 Å². The highest BCUT2D eigenvalue weighted by molar-refractivity contribution is 5.95. The molecule has 2 aliphatic heterocycles. The number of carbonyl (C=O) groups is 2. The molecule has 4 rings (SSSR count). The van der Waals surface area contributed by atoms with E-state index in [9.17, 15) is 9.59 Å². The van der Waals surface area contributed by atoms with Crippen molar-refractivity contribution in [3.63, 3.8) is 0 Å². The lowest BCUT2D eigenvalue weighted by molar-refractivity contribution is 0.0703. The van der Waals surface area contributed by atoms with Crippen LogP contribution in [0.4, 0.5) is 0 Å². The minimum absolute atomic E-state index is 0.0294. The molecule has 2 fully saturated rings. The molecule has 0 spiro atoms. The molecule has 8 nitrogen and oxygen atoms in total. The number of piperidine rings is 2. The van der Waals surface area contributed by atoms with Crippen molar-refractivity contribution < 1.29 is 23.5 Å². The van der Waals surface area contributed by atoms with E-state index in [4.69, 9.17) is 13.9 Å². The zero-order valence-electron chi connectivity index (χ0n) is 19.1. The summed E-state index contributed by atoms with van der Waals surface area (Å²) in [5.74, 6) is 2.37. The van der Waals surface area contributed by atoms with E-state index in [0.717, 1.165) is 38.8 Å². The summed E-state index contributed by atoms with van der Waals surface area (Å²) in [6, 6.07) is 5.21. The van der Waals surface area contributed by atoms with Gasteiger partial charge >= 0.3 is 0 Å². The van der Waals surface area contributed by atoms with E-state index in [-0.39, 0.29) is 17.7 Å². The molecule has 0 radical (unpaired) electrons. The number of hydrogen-bond acceptors (Lipinski definition) is 6. The highest BCUT2D eigenvalue weighted by atomic mass is 16.5. The second kappa shape index (κ2) is 9.63. The maximum Gasteiger partial charge on any atom is 0.276 e. The van der Waals surface area contributed by atoms with Crippen molar-refractivity contribution in [2.24, 2.45) is 0 Å². The van der Waals surface area contributed by atoms with Gasteiger partial charge < -0.3 is 23.7 Å². The molecule has 2 saturated heterocycles. The normalized spacial score (nSPS) is 17.3. The van der Waals surface area contributed by atoms with Gasteiger partial charge in [0.25, 0.3) is 11.8 Å². The number of ether oxygens (including phenoxy) is 2. The summed E-state index contributed by atoms with van der Waals surface area (Å²) >= 11 is 0. The number of methoxy groups -OCH3 is 2. The number of benzene rings is 1. The van der Waals surface area contributed by atoms with Crippen LogP contribution in [0, 0.1) is 6.92 Å². The first-order valence-electron chi connectivity index (χ1n) is 11.3. The average molecular weight is 442 g/mol. The van der Waals surface area contributed by atoms with Gasteiger partial charge in [0.1, 0.15) is 5.76 Å². The number of rotatable bonds is 5. The Morgan fingerprint density at radius 3 is 2.25 bits per heavy atom. The third kappa shape index (κ3) is 4.45. The molecule has 32 heavy (non-hydrogen) atoms. The fraction of sp³-hybridized carbons (Fsp3) is 0.542. The van der Waals surface area contributed by atoms with E-state index < -0.39 is 0 Å². The number of amides is 2. The lowest BCUT2D eigenvalue weighted by Gasteiger charge is -2.30. The molecular weight excluding hydrogens is 410 g/mol. The van der Waals surface area contributed by atoms with Crippen LogP contribution in [0.15, 0.2) is 22.6 Å². The second-order valence-corrected chi connectivity index (χ2v) is 8.45. The number of aryl methyl sites for hydroxylation is 1. The minimum Gasteiger partial charge on any atom is -0.493 e. The van der Waals surface area contributed by atoms with E-state index in [1.54, 1.807) is 32.4 Å². The van der Waals surface area contributed by atoms with Gasteiger partial charge in [-0.3, -0.25) is 9.59 Å². The molecule has 3 heterocycles. The van der Waals surface area contributed by atoms with Crippen molar-refractivity contribution in [1.29, 1.82) is 0 Å². The van der Waals surface area contributed by atoms with Gasteiger partial charge in [-0.15, -0.1) is 0 Å². The fourth-order valence-electron chi connectivity index (χ4n) is 4.52.